The lowest BCUT2D eigenvalue weighted by Crippen LogP contribution is -2.48. The number of rotatable bonds is 7. The summed E-state index contributed by atoms with van der Waals surface area (Å²) >= 11 is 0. The van der Waals surface area contributed by atoms with E-state index in [0.717, 1.165) is 55.7 Å². The molecule has 1 heterocycles. The maximum atomic E-state index is 14.5. The van der Waals surface area contributed by atoms with Crippen LogP contribution in [0.3, 0.4) is 0 Å². The second-order valence-corrected chi connectivity index (χ2v) is 14.2. The molecule has 4 amide bonds. The van der Waals surface area contributed by atoms with E-state index in [1.54, 1.807) is 23.1 Å². The number of ether oxygens (including phenoxy) is 2. The number of aliphatic hydroxyl groups excluding tert-OH is 1. The number of nitrogens with one attached hydrogen (secondary N) is 2. The van der Waals surface area contributed by atoms with E-state index in [1.807, 2.05) is 75.2 Å². The van der Waals surface area contributed by atoms with Gasteiger partial charge < -0.3 is 35.0 Å². The van der Waals surface area contributed by atoms with Crippen molar-refractivity contribution in [3.63, 3.8) is 0 Å². The van der Waals surface area contributed by atoms with Crippen LogP contribution in [0.2, 0.25) is 0 Å². The third-order valence-corrected chi connectivity index (χ3v) is 10.1. The molecule has 270 valence electrons. The van der Waals surface area contributed by atoms with Crippen molar-refractivity contribution < 1.29 is 29.0 Å². The van der Waals surface area contributed by atoms with E-state index < -0.39 is 12.1 Å². The van der Waals surface area contributed by atoms with Crippen molar-refractivity contribution in [2.24, 2.45) is 11.8 Å². The van der Waals surface area contributed by atoms with Gasteiger partial charge in [-0.3, -0.25) is 9.59 Å². The minimum atomic E-state index is -0.503. The molecule has 1 saturated carbocycles. The molecule has 1 fully saturated rings. The summed E-state index contributed by atoms with van der Waals surface area (Å²) in [6, 6.07) is 17.7. The second-order valence-electron chi connectivity index (χ2n) is 14.2. The molecule has 1 aliphatic heterocycles. The number of carbonyl (C=O) groups excluding carboxylic acids is 3. The number of carbonyl (C=O) groups is 3. The topological polar surface area (TPSA) is 120 Å². The van der Waals surface area contributed by atoms with Crippen LogP contribution in [0.1, 0.15) is 82.5 Å². The molecule has 0 unspecified atom stereocenters. The van der Waals surface area contributed by atoms with E-state index >= 15 is 0 Å². The number of fused-ring (bicyclic) bond motifs is 2. The average molecular weight is 687 g/mol. The van der Waals surface area contributed by atoms with Crippen LogP contribution < -0.4 is 15.4 Å². The highest BCUT2D eigenvalue weighted by atomic mass is 16.5. The van der Waals surface area contributed by atoms with Gasteiger partial charge in [-0.05, 0) is 75.6 Å². The molecule has 3 aromatic carbocycles. The standard InChI is InChI=1S/C40H54N4O6/c1-27-24-44(28(2)26-45)39(47)34-23-32(41-40(48)42-35-19-12-17-30-14-8-9-18-33(30)35)20-21-36(34)50-29(3)13-10-11-22-49-37(27)25-43(4)38(46)31-15-6-5-7-16-31/h8-9,12,14,17-21,23,27-29,31,37,45H,5-7,10-11,13,15-16,22,24-26H2,1-4H3,(H2,41,42,48)/t27-,28+,29-,37-/m0/s1. The van der Waals surface area contributed by atoms with Gasteiger partial charge in [-0.1, -0.05) is 62.6 Å². The van der Waals surface area contributed by atoms with Gasteiger partial charge in [0.05, 0.1) is 36.1 Å². The van der Waals surface area contributed by atoms with Crippen LogP contribution in [0.4, 0.5) is 16.2 Å². The Kier molecular flexibility index (Phi) is 13.1. The van der Waals surface area contributed by atoms with Crippen LogP contribution in [0.25, 0.3) is 10.8 Å². The van der Waals surface area contributed by atoms with Crippen molar-refractivity contribution in [1.82, 2.24) is 9.80 Å². The van der Waals surface area contributed by atoms with Gasteiger partial charge in [0.25, 0.3) is 5.91 Å². The van der Waals surface area contributed by atoms with E-state index in [1.165, 1.54) is 6.42 Å². The molecule has 0 radical (unpaired) electrons. The number of hydrogen-bond donors (Lipinski definition) is 3. The molecule has 1 aliphatic carbocycles. The predicted molar refractivity (Wildman–Crippen MR) is 198 cm³/mol. The molecule has 0 saturated heterocycles. The van der Waals surface area contributed by atoms with Gasteiger partial charge in [-0.2, -0.15) is 0 Å². The molecule has 10 heteroatoms. The summed E-state index contributed by atoms with van der Waals surface area (Å²) in [4.78, 5) is 44.5. The summed E-state index contributed by atoms with van der Waals surface area (Å²) in [6.45, 7) is 6.87. The summed E-state index contributed by atoms with van der Waals surface area (Å²) in [7, 11) is 1.86. The molecule has 50 heavy (non-hydrogen) atoms. The Bertz CT molecular complexity index is 1600. The quantitative estimate of drug-likeness (QED) is 0.240. The summed E-state index contributed by atoms with van der Waals surface area (Å²) in [6.07, 6.45) is 7.25. The zero-order valence-corrected chi connectivity index (χ0v) is 30.0. The van der Waals surface area contributed by atoms with Gasteiger partial charge >= 0.3 is 6.03 Å². The molecule has 10 nitrogen and oxygen atoms in total. The third-order valence-electron chi connectivity index (χ3n) is 10.1. The van der Waals surface area contributed by atoms with E-state index in [2.05, 4.69) is 10.6 Å². The zero-order valence-electron chi connectivity index (χ0n) is 30.0. The Morgan fingerprint density at radius 3 is 2.48 bits per heavy atom. The first kappa shape index (κ1) is 37.1. The number of hydrogen-bond acceptors (Lipinski definition) is 6. The number of benzene rings is 3. The lowest BCUT2D eigenvalue weighted by atomic mass is 9.88. The van der Waals surface area contributed by atoms with Gasteiger partial charge in [0, 0.05) is 49.7 Å². The SMILES string of the molecule is C[C@H](CO)N1C[C@H](C)[C@H](CN(C)C(=O)C2CCCCC2)OCCCC[C@H](C)Oc2ccc(NC(=O)Nc3cccc4ccccc34)cc2C1=O. The zero-order chi connectivity index (χ0) is 35.6. The molecule has 3 N–H and O–H groups in total. The van der Waals surface area contributed by atoms with Crippen molar-refractivity contribution >= 4 is 40.0 Å². The predicted octanol–water partition coefficient (Wildman–Crippen LogP) is 7.32. The fourth-order valence-electron chi connectivity index (χ4n) is 7.10. The average Bonchev–Trinajstić information content (AvgIpc) is 3.12. The van der Waals surface area contributed by atoms with Crippen molar-refractivity contribution in [2.75, 3.05) is 44.0 Å². The van der Waals surface area contributed by atoms with Crippen molar-refractivity contribution in [1.29, 1.82) is 0 Å². The first-order chi connectivity index (χ1) is 24.1. The summed E-state index contributed by atoms with van der Waals surface area (Å²) < 4.78 is 12.8. The highest BCUT2D eigenvalue weighted by Gasteiger charge is 2.32. The van der Waals surface area contributed by atoms with Crippen molar-refractivity contribution in [3.8, 4) is 5.75 Å². The van der Waals surface area contributed by atoms with Gasteiger partial charge in [0.2, 0.25) is 5.91 Å². The molecule has 3 aromatic rings. The minimum absolute atomic E-state index is 0.0602. The van der Waals surface area contributed by atoms with Crippen LogP contribution >= 0.6 is 0 Å². The van der Waals surface area contributed by atoms with Crippen LogP contribution in [0.15, 0.2) is 60.7 Å². The monoisotopic (exact) mass is 686 g/mol. The van der Waals surface area contributed by atoms with Crippen molar-refractivity contribution in [3.05, 3.63) is 66.2 Å². The second kappa shape index (κ2) is 17.7. The van der Waals surface area contributed by atoms with Crippen molar-refractivity contribution in [2.45, 2.75) is 90.4 Å². The number of amides is 4. The summed E-state index contributed by atoms with van der Waals surface area (Å²) in [5.41, 5.74) is 1.40. The van der Waals surface area contributed by atoms with E-state index in [-0.39, 0.29) is 42.5 Å². The van der Waals surface area contributed by atoms with Crippen LogP contribution in [0.5, 0.6) is 5.75 Å². The Morgan fingerprint density at radius 1 is 0.960 bits per heavy atom. The molecular weight excluding hydrogens is 632 g/mol. The van der Waals surface area contributed by atoms with E-state index in [9.17, 15) is 19.5 Å². The maximum Gasteiger partial charge on any atom is 0.323 e. The largest absolute Gasteiger partial charge is 0.490 e. The summed E-state index contributed by atoms with van der Waals surface area (Å²) in [5, 5.41) is 18.1. The molecular formula is C40H54N4O6. The smallest absolute Gasteiger partial charge is 0.323 e. The normalized spacial score (nSPS) is 21.7. The number of aliphatic hydroxyl groups is 1. The van der Waals surface area contributed by atoms with Gasteiger partial charge in [-0.25, -0.2) is 4.79 Å². The molecule has 0 spiro atoms. The molecule has 0 bridgehead atoms. The van der Waals surface area contributed by atoms with E-state index in [4.69, 9.17) is 9.47 Å². The molecule has 4 atom stereocenters. The summed E-state index contributed by atoms with van der Waals surface area (Å²) in [5.74, 6) is 0.189. The van der Waals surface area contributed by atoms with Gasteiger partial charge in [0.1, 0.15) is 5.75 Å². The highest BCUT2D eigenvalue weighted by molar-refractivity contribution is 6.07. The number of nitrogens with zero attached hydrogens (tertiary/aromatic N) is 2. The van der Waals surface area contributed by atoms with Crippen LogP contribution in [-0.4, -0.2) is 84.4 Å². The first-order valence-electron chi connectivity index (χ1n) is 18.3. The number of likely N-dealkylation sites (N-methyl/N-ethyl adjacent to an activating group) is 1. The molecule has 0 aromatic heterocycles. The van der Waals surface area contributed by atoms with Gasteiger partial charge in [0.15, 0.2) is 0 Å². The fraction of sp³-hybridized carbons (Fsp3) is 0.525. The lowest BCUT2D eigenvalue weighted by molar-refractivity contribution is -0.137. The van der Waals surface area contributed by atoms with Crippen LogP contribution in [-0.2, 0) is 9.53 Å². The van der Waals surface area contributed by atoms with Gasteiger partial charge in [-0.15, -0.1) is 0 Å². The first-order valence-corrected chi connectivity index (χ1v) is 18.3. The Labute approximate surface area is 296 Å². The highest BCUT2D eigenvalue weighted by Crippen LogP contribution is 2.30. The maximum absolute atomic E-state index is 14.5. The van der Waals surface area contributed by atoms with E-state index in [0.29, 0.717) is 42.4 Å². The molecule has 5 rings (SSSR count). The minimum Gasteiger partial charge on any atom is -0.490 e. The Balaban J connectivity index is 1.38. The Morgan fingerprint density at radius 2 is 1.70 bits per heavy atom. The number of anilines is 2. The fourth-order valence-corrected chi connectivity index (χ4v) is 7.10. The third kappa shape index (κ3) is 9.54. The van der Waals surface area contributed by atoms with Crippen LogP contribution in [0, 0.1) is 11.8 Å². The Hall–Kier alpha value is -4.15. The lowest BCUT2D eigenvalue weighted by Gasteiger charge is -2.36. The number of urea groups is 1. The molecule has 2 aliphatic rings.